The lowest BCUT2D eigenvalue weighted by molar-refractivity contribution is 0.281. The zero-order valence-corrected chi connectivity index (χ0v) is 11.9. The Hall–Kier alpha value is -0.610. The third kappa shape index (κ3) is 2.80. The summed E-state index contributed by atoms with van der Waals surface area (Å²) in [5, 5.41) is 9.39. The van der Waals surface area contributed by atoms with Gasteiger partial charge in [-0.1, -0.05) is 13.8 Å². The van der Waals surface area contributed by atoms with Crippen LogP contribution in [-0.4, -0.2) is 23.2 Å². The molecular formula is C13H19BrN2O. The summed E-state index contributed by atoms with van der Waals surface area (Å²) in [5.41, 5.74) is 0.906. The van der Waals surface area contributed by atoms with E-state index in [1.807, 2.05) is 6.07 Å². The van der Waals surface area contributed by atoms with Gasteiger partial charge in [-0.2, -0.15) is 0 Å². The van der Waals surface area contributed by atoms with Crippen LogP contribution in [0.1, 0.15) is 25.8 Å². The first kappa shape index (κ1) is 12.8. The molecule has 1 aromatic heterocycles. The molecule has 1 unspecified atom stereocenters. The molecule has 0 saturated carbocycles. The molecule has 2 heterocycles. The van der Waals surface area contributed by atoms with Crippen LogP contribution < -0.4 is 4.90 Å². The minimum absolute atomic E-state index is 0.0462. The van der Waals surface area contributed by atoms with Crippen molar-refractivity contribution < 1.29 is 5.11 Å². The Morgan fingerprint density at radius 3 is 2.94 bits per heavy atom. The summed E-state index contributed by atoms with van der Waals surface area (Å²) >= 11 is 3.39. The number of aromatic nitrogens is 1. The minimum atomic E-state index is 0.0462. The molecule has 4 heteroatoms. The van der Waals surface area contributed by atoms with Gasteiger partial charge in [0.25, 0.3) is 0 Å². The van der Waals surface area contributed by atoms with E-state index in [-0.39, 0.29) is 6.61 Å². The van der Waals surface area contributed by atoms with Gasteiger partial charge in [0, 0.05) is 29.3 Å². The second kappa shape index (κ2) is 5.36. The van der Waals surface area contributed by atoms with Gasteiger partial charge in [-0.05, 0) is 40.3 Å². The van der Waals surface area contributed by atoms with Crippen LogP contribution in [0.5, 0.6) is 0 Å². The lowest BCUT2D eigenvalue weighted by atomic mass is 9.95. The molecule has 1 saturated heterocycles. The Kier molecular flexibility index (Phi) is 4.05. The average Bonchev–Trinajstić information content (AvgIpc) is 2.78. The highest BCUT2D eigenvalue weighted by Crippen LogP contribution is 2.30. The number of nitrogens with zero attached hydrogens (tertiary/aromatic N) is 2. The van der Waals surface area contributed by atoms with Gasteiger partial charge in [-0.15, -0.1) is 0 Å². The van der Waals surface area contributed by atoms with Gasteiger partial charge >= 0.3 is 0 Å². The maximum atomic E-state index is 9.39. The average molecular weight is 299 g/mol. The summed E-state index contributed by atoms with van der Waals surface area (Å²) in [6, 6.07) is 1.95. The maximum absolute atomic E-state index is 9.39. The number of hydrogen-bond donors (Lipinski definition) is 1. The molecule has 0 amide bonds. The Morgan fingerprint density at radius 2 is 2.35 bits per heavy atom. The fourth-order valence-electron chi connectivity index (χ4n) is 2.40. The normalized spacial score (nSPS) is 20.3. The molecule has 94 valence electrons. The van der Waals surface area contributed by atoms with Crippen LogP contribution in [0, 0.1) is 11.8 Å². The second-order valence-corrected chi connectivity index (χ2v) is 5.95. The molecule has 1 N–H and O–H groups in total. The van der Waals surface area contributed by atoms with Crippen LogP contribution in [-0.2, 0) is 6.61 Å². The monoisotopic (exact) mass is 298 g/mol. The van der Waals surface area contributed by atoms with Gasteiger partial charge in [0.05, 0.1) is 6.61 Å². The quantitative estimate of drug-likeness (QED) is 0.932. The topological polar surface area (TPSA) is 36.4 Å². The third-order valence-corrected chi connectivity index (χ3v) is 3.98. The first-order valence-electron chi connectivity index (χ1n) is 6.12. The predicted octanol–water partition coefficient (Wildman–Crippen LogP) is 2.82. The van der Waals surface area contributed by atoms with Gasteiger partial charge in [0.2, 0.25) is 0 Å². The van der Waals surface area contributed by atoms with Crippen LogP contribution in [0.3, 0.4) is 0 Å². The highest BCUT2D eigenvalue weighted by Gasteiger charge is 2.26. The number of aliphatic hydroxyl groups is 1. The van der Waals surface area contributed by atoms with Crippen molar-refractivity contribution in [2.75, 3.05) is 18.0 Å². The first-order chi connectivity index (χ1) is 8.11. The number of aliphatic hydroxyl groups excluding tert-OH is 1. The lowest BCUT2D eigenvalue weighted by Crippen LogP contribution is -2.23. The SMILES string of the molecule is CC(C)C1CCN(c2ncc(Br)cc2CO)C1. The largest absolute Gasteiger partial charge is 0.392 e. The minimum Gasteiger partial charge on any atom is -0.392 e. The van der Waals surface area contributed by atoms with Gasteiger partial charge in [0.15, 0.2) is 0 Å². The van der Waals surface area contributed by atoms with E-state index in [1.165, 1.54) is 6.42 Å². The smallest absolute Gasteiger partial charge is 0.134 e. The van der Waals surface area contributed by atoms with E-state index >= 15 is 0 Å². The van der Waals surface area contributed by atoms with E-state index < -0.39 is 0 Å². The van der Waals surface area contributed by atoms with Gasteiger partial charge in [0.1, 0.15) is 5.82 Å². The molecule has 0 radical (unpaired) electrons. The maximum Gasteiger partial charge on any atom is 0.134 e. The molecule has 1 aliphatic rings. The van der Waals surface area contributed by atoms with Gasteiger partial charge in [-0.25, -0.2) is 4.98 Å². The summed E-state index contributed by atoms with van der Waals surface area (Å²) in [5.74, 6) is 2.40. The number of anilines is 1. The summed E-state index contributed by atoms with van der Waals surface area (Å²) in [6.45, 7) is 6.70. The Morgan fingerprint density at radius 1 is 1.59 bits per heavy atom. The predicted molar refractivity (Wildman–Crippen MR) is 73.0 cm³/mol. The molecule has 0 aliphatic carbocycles. The van der Waals surface area contributed by atoms with Gasteiger partial charge < -0.3 is 10.0 Å². The van der Waals surface area contributed by atoms with Crippen molar-refractivity contribution in [3.63, 3.8) is 0 Å². The molecule has 2 rings (SSSR count). The van der Waals surface area contributed by atoms with E-state index in [9.17, 15) is 5.11 Å². The Bertz CT molecular complexity index is 395. The highest BCUT2D eigenvalue weighted by molar-refractivity contribution is 9.10. The number of rotatable bonds is 3. The molecule has 0 bridgehead atoms. The number of hydrogen-bond acceptors (Lipinski definition) is 3. The zero-order chi connectivity index (χ0) is 12.4. The van der Waals surface area contributed by atoms with Crippen molar-refractivity contribution in [2.24, 2.45) is 11.8 Å². The van der Waals surface area contributed by atoms with E-state index in [2.05, 4.69) is 39.7 Å². The fraction of sp³-hybridized carbons (Fsp3) is 0.615. The Balaban J connectivity index is 2.18. The van der Waals surface area contributed by atoms with E-state index in [1.54, 1.807) is 6.20 Å². The Labute approximate surface area is 111 Å². The summed E-state index contributed by atoms with van der Waals surface area (Å²) < 4.78 is 0.921. The molecule has 0 aromatic carbocycles. The molecule has 1 fully saturated rings. The standard InChI is InChI=1S/C13H19BrN2O/c1-9(2)10-3-4-16(7-10)13-11(8-17)5-12(14)6-15-13/h5-6,9-10,17H,3-4,7-8H2,1-2H3. The van der Waals surface area contributed by atoms with Crippen molar-refractivity contribution in [3.8, 4) is 0 Å². The summed E-state index contributed by atoms with van der Waals surface area (Å²) in [7, 11) is 0. The molecule has 1 atom stereocenters. The van der Waals surface area contributed by atoms with Crippen molar-refractivity contribution in [1.29, 1.82) is 0 Å². The van der Waals surface area contributed by atoms with E-state index in [0.717, 1.165) is 34.9 Å². The summed E-state index contributed by atoms with van der Waals surface area (Å²) in [6.07, 6.45) is 3.03. The molecule has 0 spiro atoms. The fourth-order valence-corrected chi connectivity index (χ4v) is 2.78. The molecule has 3 nitrogen and oxygen atoms in total. The first-order valence-corrected chi connectivity index (χ1v) is 6.91. The van der Waals surface area contributed by atoms with Gasteiger partial charge in [-0.3, -0.25) is 0 Å². The van der Waals surface area contributed by atoms with Crippen LogP contribution in [0.15, 0.2) is 16.7 Å². The van der Waals surface area contributed by atoms with Crippen LogP contribution in [0.2, 0.25) is 0 Å². The second-order valence-electron chi connectivity index (χ2n) is 5.03. The van der Waals surface area contributed by atoms with Crippen molar-refractivity contribution in [3.05, 3.63) is 22.3 Å². The highest BCUT2D eigenvalue weighted by atomic mass is 79.9. The van der Waals surface area contributed by atoms with Crippen LogP contribution in [0.25, 0.3) is 0 Å². The van der Waals surface area contributed by atoms with E-state index in [0.29, 0.717) is 5.92 Å². The van der Waals surface area contributed by atoms with Crippen molar-refractivity contribution in [1.82, 2.24) is 4.98 Å². The van der Waals surface area contributed by atoms with Crippen molar-refractivity contribution in [2.45, 2.75) is 26.9 Å². The molecule has 17 heavy (non-hydrogen) atoms. The number of halogens is 1. The third-order valence-electron chi connectivity index (χ3n) is 3.55. The van der Waals surface area contributed by atoms with Crippen LogP contribution in [0.4, 0.5) is 5.82 Å². The zero-order valence-electron chi connectivity index (χ0n) is 10.4. The summed E-state index contributed by atoms with van der Waals surface area (Å²) in [4.78, 5) is 6.74. The van der Waals surface area contributed by atoms with E-state index in [4.69, 9.17) is 0 Å². The van der Waals surface area contributed by atoms with Crippen LogP contribution >= 0.6 is 15.9 Å². The molecule has 1 aromatic rings. The lowest BCUT2D eigenvalue weighted by Gasteiger charge is -2.21. The van der Waals surface area contributed by atoms with Crippen molar-refractivity contribution >= 4 is 21.7 Å². The molecule has 1 aliphatic heterocycles. The molecular weight excluding hydrogens is 280 g/mol. The number of pyridine rings is 1.